The second-order valence-corrected chi connectivity index (χ2v) is 3.89. The van der Waals surface area contributed by atoms with Crippen molar-refractivity contribution in [2.24, 2.45) is 0 Å². The second kappa shape index (κ2) is 7.09. The fraction of sp³-hybridized carbons (Fsp3) is 0.700. The molecule has 15 heavy (non-hydrogen) atoms. The van der Waals surface area contributed by atoms with Gasteiger partial charge >= 0.3 is 0 Å². The summed E-state index contributed by atoms with van der Waals surface area (Å²) in [5, 5.41) is 7.80. The number of aryl methyl sites for hydroxylation is 1. The van der Waals surface area contributed by atoms with Crippen molar-refractivity contribution in [3.63, 3.8) is 0 Å². The second-order valence-electron chi connectivity index (χ2n) is 3.89. The fourth-order valence-corrected chi connectivity index (χ4v) is 1.87. The van der Waals surface area contributed by atoms with Gasteiger partial charge in [0.15, 0.2) is 0 Å². The molecule has 1 aliphatic rings. The number of hydrogen-bond acceptors (Lipinski definition) is 2. The van der Waals surface area contributed by atoms with Crippen LogP contribution in [0.5, 0.6) is 0 Å². The van der Waals surface area contributed by atoms with Crippen LogP contribution in [0.4, 0.5) is 0 Å². The molecule has 88 valence electrons. The summed E-state index contributed by atoms with van der Waals surface area (Å²) in [6.07, 6.45) is 8.00. The van der Waals surface area contributed by atoms with Gasteiger partial charge in [-0.2, -0.15) is 5.10 Å². The van der Waals surface area contributed by atoms with Crippen molar-refractivity contribution in [1.29, 1.82) is 0 Å². The van der Waals surface area contributed by atoms with Crippen LogP contribution in [0.2, 0.25) is 0 Å². The maximum Gasteiger partial charge on any atom is 0.0562 e. The normalized spacial score (nSPS) is 20.2. The largest absolute Gasteiger partial charge is 0.312 e. The average Bonchev–Trinajstić information content (AvgIpc) is 2.53. The van der Waals surface area contributed by atoms with E-state index in [0.717, 1.165) is 6.54 Å². The van der Waals surface area contributed by atoms with Crippen LogP contribution in [0, 0.1) is 6.92 Å². The first kappa shape index (κ1) is 14.8. The highest BCUT2D eigenvalue weighted by Crippen LogP contribution is 2.08. The predicted octanol–water partition coefficient (Wildman–Crippen LogP) is 2.18. The minimum Gasteiger partial charge on any atom is -0.312 e. The lowest BCUT2D eigenvalue weighted by atomic mass is 10.1. The third kappa shape index (κ3) is 4.41. The molecule has 2 heterocycles. The molecule has 2 rings (SSSR count). The minimum absolute atomic E-state index is 0. The van der Waals surface area contributed by atoms with E-state index in [2.05, 4.69) is 23.5 Å². The number of nitrogens with zero attached hydrogens (tertiary/aromatic N) is 2. The highest BCUT2D eigenvalue weighted by molar-refractivity contribution is 5.85. The standard InChI is InChI=1S/C10H17N3.2ClH/c1-9-6-12-13(7-9)8-10-4-2-3-5-11-10;;/h6-7,10-11H,2-5,8H2,1H3;2*1H. The Kier molecular flexibility index (Phi) is 6.98. The lowest BCUT2D eigenvalue weighted by Gasteiger charge is -2.23. The number of rotatable bonds is 2. The summed E-state index contributed by atoms with van der Waals surface area (Å²) in [7, 11) is 0. The Balaban J connectivity index is 0.000000980. The van der Waals surface area contributed by atoms with Gasteiger partial charge in [0, 0.05) is 12.2 Å². The summed E-state index contributed by atoms with van der Waals surface area (Å²) in [4.78, 5) is 0. The van der Waals surface area contributed by atoms with Crippen molar-refractivity contribution in [2.45, 2.75) is 38.8 Å². The lowest BCUT2D eigenvalue weighted by Crippen LogP contribution is -2.37. The zero-order chi connectivity index (χ0) is 9.10. The molecule has 1 N–H and O–H groups in total. The molecular weight excluding hydrogens is 233 g/mol. The molecule has 1 aromatic rings. The van der Waals surface area contributed by atoms with E-state index in [-0.39, 0.29) is 24.8 Å². The first-order valence-corrected chi connectivity index (χ1v) is 5.07. The number of piperidine rings is 1. The first-order valence-electron chi connectivity index (χ1n) is 5.07. The van der Waals surface area contributed by atoms with Gasteiger partial charge in [0.05, 0.1) is 12.7 Å². The van der Waals surface area contributed by atoms with Gasteiger partial charge in [0.2, 0.25) is 0 Å². The van der Waals surface area contributed by atoms with E-state index >= 15 is 0 Å². The molecule has 0 spiro atoms. The van der Waals surface area contributed by atoms with Crippen LogP contribution >= 0.6 is 24.8 Å². The van der Waals surface area contributed by atoms with Crippen LogP contribution in [-0.4, -0.2) is 22.4 Å². The number of aromatic nitrogens is 2. The zero-order valence-electron chi connectivity index (χ0n) is 8.98. The molecular formula is C10H19Cl2N3. The van der Waals surface area contributed by atoms with Crippen molar-refractivity contribution >= 4 is 24.8 Å². The molecule has 5 heteroatoms. The number of hydrogen-bond donors (Lipinski definition) is 1. The van der Waals surface area contributed by atoms with Crippen LogP contribution in [0.1, 0.15) is 24.8 Å². The highest BCUT2D eigenvalue weighted by Gasteiger charge is 2.12. The Bertz CT molecular complexity index is 269. The zero-order valence-corrected chi connectivity index (χ0v) is 10.6. The van der Waals surface area contributed by atoms with E-state index in [9.17, 15) is 0 Å². The van der Waals surface area contributed by atoms with Crippen molar-refractivity contribution < 1.29 is 0 Å². The summed E-state index contributed by atoms with van der Waals surface area (Å²) in [6.45, 7) is 4.27. The van der Waals surface area contributed by atoms with Gasteiger partial charge in [0.1, 0.15) is 0 Å². The molecule has 0 aliphatic carbocycles. The summed E-state index contributed by atoms with van der Waals surface area (Å²) in [6, 6.07) is 0.632. The summed E-state index contributed by atoms with van der Waals surface area (Å²) >= 11 is 0. The first-order chi connectivity index (χ1) is 6.34. The Morgan fingerprint density at radius 3 is 2.80 bits per heavy atom. The predicted molar refractivity (Wildman–Crippen MR) is 67.1 cm³/mol. The molecule has 1 fully saturated rings. The maximum absolute atomic E-state index is 4.29. The van der Waals surface area contributed by atoms with Gasteiger partial charge in [-0.05, 0) is 31.9 Å². The molecule has 1 aromatic heterocycles. The highest BCUT2D eigenvalue weighted by atomic mass is 35.5. The Hall–Kier alpha value is -0.250. The van der Waals surface area contributed by atoms with Crippen LogP contribution in [0.25, 0.3) is 0 Å². The van der Waals surface area contributed by atoms with Gasteiger partial charge in [-0.25, -0.2) is 0 Å². The van der Waals surface area contributed by atoms with E-state index in [0.29, 0.717) is 6.04 Å². The van der Waals surface area contributed by atoms with Crippen LogP contribution in [0.3, 0.4) is 0 Å². The third-order valence-corrected chi connectivity index (χ3v) is 2.58. The van der Waals surface area contributed by atoms with E-state index in [1.165, 1.54) is 31.4 Å². The molecule has 0 bridgehead atoms. The van der Waals surface area contributed by atoms with E-state index in [1.807, 2.05) is 10.9 Å². The van der Waals surface area contributed by atoms with Crippen molar-refractivity contribution in [3.8, 4) is 0 Å². The summed E-state index contributed by atoms with van der Waals surface area (Å²) in [5.74, 6) is 0. The molecule has 1 unspecified atom stereocenters. The third-order valence-electron chi connectivity index (χ3n) is 2.58. The lowest BCUT2D eigenvalue weighted by molar-refractivity contribution is 0.351. The van der Waals surface area contributed by atoms with Crippen LogP contribution in [-0.2, 0) is 6.54 Å². The minimum atomic E-state index is 0. The fourth-order valence-electron chi connectivity index (χ4n) is 1.87. The van der Waals surface area contributed by atoms with E-state index in [4.69, 9.17) is 0 Å². The Morgan fingerprint density at radius 2 is 2.27 bits per heavy atom. The van der Waals surface area contributed by atoms with Gasteiger partial charge in [-0.15, -0.1) is 24.8 Å². The summed E-state index contributed by atoms with van der Waals surface area (Å²) < 4.78 is 2.04. The van der Waals surface area contributed by atoms with Gasteiger partial charge in [-0.1, -0.05) is 6.42 Å². The quantitative estimate of drug-likeness (QED) is 0.874. The topological polar surface area (TPSA) is 29.9 Å². The Labute approximate surface area is 103 Å². The summed E-state index contributed by atoms with van der Waals surface area (Å²) in [5.41, 5.74) is 1.25. The van der Waals surface area contributed by atoms with Crippen molar-refractivity contribution in [2.75, 3.05) is 6.54 Å². The van der Waals surface area contributed by atoms with Gasteiger partial charge in [-0.3, -0.25) is 4.68 Å². The average molecular weight is 252 g/mol. The molecule has 3 nitrogen and oxygen atoms in total. The molecule has 0 saturated carbocycles. The van der Waals surface area contributed by atoms with Gasteiger partial charge in [0.25, 0.3) is 0 Å². The molecule has 1 aliphatic heterocycles. The molecule has 0 radical (unpaired) electrons. The number of halogens is 2. The molecule has 0 aromatic carbocycles. The van der Waals surface area contributed by atoms with E-state index < -0.39 is 0 Å². The smallest absolute Gasteiger partial charge is 0.0562 e. The Morgan fingerprint density at radius 1 is 1.47 bits per heavy atom. The molecule has 1 atom stereocenters. The maximum atomic E-state index is 4.29. The molecule has 0 amide bonds. The SMILES string of the molecule is Cc1cnn(CC2CCCCN2)c1.Cl.Cl. The molecule has 1 saturated heterocycles. The van der Waals surface area contributed by atoms with Crippen molar-refractivity contribution in [3.05, 3.63) is 18.0 Å². The van der Waals surface area contributed by atoms with Crippen LogP contribution in [0.15, 0.2) is 12.4 Å². The van der Waals surface area contributed by atoms with Crippen molar-refractivity contribution in [1.82, 2.24) is 15.1 Å². The van der Waals surface area contributed by atoms with E-state index in [1.54, 1.807) is 0 Å². The van der Waals surface area contributed by atoms with Gasteiger partial charge < -0.3 is 5.32 Å². The number of nitrogens with one attached hydrogen (secondary N) is 1. The monoisotopic (exact) mass is 251 g/mol. The van der Waals surface area contributed by atoms with Crippen LogP contribution < -0.4 is 5.32 Å².